The van der Waals surface area contributed by atoms with E-state index in [1.807, 2.05) is 28.8 Å². The highest BCUT2D eigenvalue weighted by atomic mass is 16.4. The predicted octanol–water partition coefficient (Wildman–Crippen LogP) is 3.18. The number of nitrogens with one attached hydrogen (secondary N) is 1. The van der Waals surface area contributed by atoms with Crippen molar-refractivity contribution in [2.75, 3.05) is 0 Å². The Morgan fingerprint density at radius 2 is 1.70 bits per heavy atom. The number of para-hydroxylation sites is 1. The highest BCUT2D eigenvalue weighted by molar-refractivity contribution is 6.07. The molecule has 6 heteroatoms. The molecule has 0 radical (unpaired) electrons. The minimum atomic E-state index is -1.11. The number of carboxylic acids is 1. The van der Waals surface area contributed by atoms with E-state index in [9.17, 15) is 19.5 Å². The molecule has 0 unspecified atom stereocenters. The standard InChI is InChI=1S/C21H20N2O4/c1-14(24)17-13-23(18-10-6-5-9-16(17)18)12-11-19(25)22-20(21(26)27)15-7-3-2-4-8-15/h2-10,13,20H,11-12H2,1H3,(H,22,25)(H,26,27)/t20-/m1/s1. The van der Waals surface area contributed by atoms with Gasteiger partial charge in [0.15, 0.2) is 11.8 Å². The number of aliphatic carboxylic acids is 1. The van der Waals surface area contributed by atoms with Gasteiger partial charge < -0.3 is 15.0 Å². The molecular weight excluding hydrogens is 344 g/mol. The largest absolute Gasteiger partial charge is 0.479 e. The number of hydrogen-bond acceptors (Lipinski definition) is 3. The Hall–Kier alpha value is -3.41. The first-order valence-electron chi connectivity index (χ1n) is 8.63. The van der Waals surface area contributed by atoms with Crippen molar-refractivity contribution in [3.63, 3.8) is 0 Å². The fourth-order valence-corrected chi connectivity index (χ4v) is 3.10. The van der Waals surface area contributed by atoms with Crippen molar-refractivity contribution in [1.82, 2.24) is 9.88 Å². The van der Waals surface area contributed by atoms with Crippen molar-refractivity contribution in [3.05, 3.63) is 71.9 Å². The van der Waals surface area contributed by atoms with E-state index < -0.39 is 12.0 Å². The monoisotopic (exact) mass is 364 g/mol. The Kier molecular flexibility index (Phi) is 5.35. The Balaban J connectivity index is 1.73. The lowest BCUT2D eigenvalue weighted by Gasteiger charge is -2.15. The van der Waals surface area contributed by atoms with Crippen LogP contribution in [0.3, 0.4) is 0 Å². The molecule has 0 saturated heterocycles. The summed E-state index contributed by atoms with van der Waals surface area (Å²) < 4.78 is 1.85. The maximum absolute atomic E-state index is 12.3. The quantitative estimate of drug-likeness (QED) is 0.630. The van der Waals surface area contributed by atoms with E-state index >= 15 is 0 Å². The van der Waals surface area contributed by atoms with E-state index in [-0.39, 0.29) is 18.1 Å². The molecule has 1 amide bonds. The summed E-state index contributed by atoms with van der Waals surface area (Å²) in [6, 6.07) is 15.0. The van der Waals surface area contributed by atoms with Gasteiger partial charge in [0.05, 0.1) is 0 Å². The molecular formula is C21H20N2O4. The minimum absolute atomic E-state index is 0.0376. The van der Waals surface area contributed by atoms with Crippen LogP contribution in [-0.2, 0) is 16.1 Å². The third kappa shape index (κ3) is 4.06. The first-order chi connectivity index (χ1) is 13.0. The number of aryl methyl sites for hydroxylation is 1. The van der Waals surface area contributed by atoms with Gasteiger partial charge in [-0.1, -0.05) is 48.5 Å². The van der Waals surface area contributed by atoms with Gasteiger partial charge in [-0.25, -0.2) is 4.79 Å². The van der Waals surface area contributed by atoms with Gasteiger partial charge in [-0.2, -0.15) is 0 Å². The summed E-state index contributed by atoms with van der Waals surface area (Å²) in [6.07, 6.45) is 1.85. The van der Waals surface area contributed by atoms with Gasteiger partial charge in [0.2, 0.25) is 5.91 Å². The first-order valence-corrected chi connectivity index (χ1v) is 8.63. The second-order valence-electron chi connectivity index (χ2n) is 6.31. The van der Waals surface area contributed by atoms with Gasteiger partial charge in [-0.15, -0.1) is 0 Å². The average molecular weight is 364 g/mol. The summed E-state index contributed by atoms with van der Waals surface area (Å²) in [7, 11) is 0. The number of hydrogen-bond donors (Lipinski definition) is 2. The number of rotatable bonds is 7. The molecule has 2 aromatic carbocycles. The summed E-state index contributed by atoms with van der Waals surface area (Å²) in [4.78, 5) is 35.7. The van der Waals surface area contributed by atoms with E-state index in [0.29, 0.717) is 17.7 Å². The van der Waals surface area contributed by atoms with E-state index in [4.69, 9.17) is 0 Å². The maximum Gasteiger partial charge on any atom is 0.330 e. The van der Waals surface area contributed by atoms with Crippen LogP contribution >= 0.6 is 0 Å². The van der Waals surface area contributed by atoms with Crippen LogP contribution in [0, 0.1) is 0 Å². The Bertz CT molecular complexity index is 992. The Labute approximate surface area is 156 Å². The first kappa shape index (κ1) is 18.4. The second kappa shape index (κ2) is 7.86. The number of aromatic nitrogens is 1. The summed E-state index contributed by atoms with van der Waals surface area (Å²) in [5.41, 5.74) is 2.00. The highest BCUT2D eigenvalue weighted by Gasteiger charge is 2.21. The van der Waals surface area contributed by atoms with Crippen molar-refractivity contribution in [1.29, 1.82) is 0 Å². The van der Waals surface area contributed by atoms with Crippen LogP contribution in [0.1, 0.15) is 35.3 Å². The molecule has 0 aliphatic rings. The molecule has 1 atom stereocenters. The summed E-state index contributed by atoms with van der Waals surface area (Å²) >= 11 is 0. The molecule has 0 bridgehead atoms. The Morgan fingerprint density at radius 3 is 2.37 bits per heavy atom. The topological polar surface area (TPSA) is 88.4 Å². The number of nitrogens with zero attached hydrogens (tertiary/aromatic N) is 1. The molecule has 2 N–H and O–H groups in total. The van der Waals surface area contributed by atoms with Crippen molar-refractivity contribution in [3.8, 4) is 0 Å². The molecule has 0 aliphatic heterocycles. The SMILES string of the molecule is CC(=O)c1cn(CCC(=O)N[C@@H](C(=O)O)c2ccccc2)c2ccccc12. The fraction of sp³-hybridized carbons (Fsp3) is 0.190. The zero-order chi connectivity index (χ0) is 19.4. The molecule has 0 fully saturated rings. The summed E-state index contributed by atoms with van der Waals surface area (Å²) in [5.74, 6) is -1.52. The fourth-order valence-electron chi connectivity index (χ4n) is 3.10. The molecule has 1 heterocycles. The number of amides is 1. The molecule has 27 heavy (non-hydrogen) atoms. The minimum Gasteiger partial charge on any atom is -0.479 e. The van der Waals surface area contributed by atoms with Gasteiger partial charge in [0.25, 0.3) is 0 Å². The molecule has 1 aromatic heterocycles. The Morgan fingerprint density at radius 1 is 1.04 bits per heavy atom. The van der Waals surface area contributed by atoms with Gasteiger partial charge in [0.1, 0.15) is 0 Å². The smallest absolute Gasteiger partial charge is 0.330 e. The third-order valence-electron chi connectivity index (χ3n) is 4.43. The number of benzene rings is 2. The number of carboxylic acid groups (broad SMARTS) is 1. The zero-order valence-electron chi connectivity index (χ0n) is 14.9. The van der Waals surface area contributed by atoms with E-state index in [0.717, 1.165) is 10.9 Å². The second-order valence-corrected chi connectivity index (χ2v) is 6.31. The number of fused-ring (bicyclic) bond motifs is 1. The van der Waals surface area contributed by atoms with Crippen molar-refractivity contribution in [2.45, 2.75) is 25.9 Å². The molecule has 138 valence electrons. The molecule has 3 aromatic rings. The molecule has 0 aliphatic carbocycles. The van der Waals surface area contributed by atoms with Gasteiger partial charge in [-0.05, 0) is 18.6 Å². The average Bonchev–Trinajstić information content (AvgIpc) is 3.04. The van der Waals surface area contributed by atoms with Crippen LogP contribution in [0.25, 0.3) is 10.9 Å². The molecule has 6 nitrogen and oxygen atoms in total. The number of carbonyl (C=O) groups excluding carboxylic acids is 2. The van der Waals surface area contributed by atoms with Crippen molar-refractivity contribution < 1.29 is 19.5 Å². The van der Waals surface area contributed by atoms with Crippen LogP contribution in [0.4, 0.5) is 0 Å². The number of ketones is 1. The van der Waals surface area contributed by atoms with Crippen LogP contribution in [0.2, 0.25) is 0 Å². The van der Waals surface area contributed by atoms with Crippen molar-refractivity contribution in [2.24, 2.45) is 0 Å². The summed E-state index contributed by atoms with van der Waals surface area (Å²) in [5, 5.41) is 12.8. The molecule has 0 saturated carbocycles. The highest BCUT2D eigenvalue weighted by Crippen LogP contribution is 2.22. The van der Waals surface area contributed by atoms with Crippen LogP contribution in [0.15, 0.2) is 60.8 Å². The van der Waals surface area contributed by atoms with Gasteiger partial charge in [-0.3, -0.25) is 9.59 Å². The van der Waals surface area contributed by atoms with E-state index in [1.54, 1.807) is 36.5 Å². The lowest BCUT2D eigenvalue weighted by atomic mass is 10.1. The van der Waals surface area contributed by atoms with Crippen molar-refractivity contribution >= 4 is 28.6 Å². The van der Waals surface area contributed by atoms with E-state index in [1.165, 1.54) is 6.92 Å². The number of Topliss-reactive ketones (excluding diaryl/α,β-unsaturated/α-hetero) is 1. The van der Waals surface area contributed by atoms with E-state index in [2.05, 4.69) is 5.32 Å². The maximum atomic E-state index is 12.3. The third-order valence-corrected chi connectivity index (χ3v) is 4.43. The summed E-state index contributed by atoms with van der Waals surface area (Å²) in [6.45, 7) is 1.86. The van der Waals surface area contributed by atoms with Crippen LogP contribution in [0.5, 0.6) is 0 Å². The van der Waals surface area contributed by atoms with Crippen LogP contribution in [-0.4, -0.2) is 27.3 Å². The molecule has 0 spiro atoms. The predicted molar refractivity (Wildman–Crippen MR) is 102 cm³/mol. The van der Waals surface area contributed by atoms with Gasteiger partial charge >= 0.3 is 5.97 Å². The van der Waals surface area contributed by atoms with Gasteiger partial charge in [0, 0.05) is 35.6 Å². The molecule has 3 rings (SSSR count). The van der Waals surface area contributed by atoms with Crippen LogP contribution < -0.4 is 5.32 Å². The lowest BCUT2D eigenvalue weighted by molar-refractivity contribution is -0.142. The normalized spacial score (nSPS) is 11.9. The zero-order valence-corrected chi connectivity index (χ0v) is 14.9. The lowest BCUT2D eigenvalue weighted by Crippen LogP contribution is -2.34. The number of carbonyl (C=O) groups is 3.